The second-order valence-corrected chi connectivity index (χ2v) is 5.21. The number of hydrogen-bond donors (Lipinski definition) is 2. The molecule has 112 valence electrons. The van der Waals surface area contributed by atoms with Crippen molar-refractivity contribution >= 4 is 11.6 Å². The van der Waals surface area contributed by atoms with Crippen LogP contribution in [0.4, 0.5) is 5.69 Å². The molecule has 1 rings (SSSR count). The summed E-state index contributed by atoms with van der Waals surface area (Å²) in [6.45, 7) is 9.74. The highest BCUT2D eigenvalue weighted by atomic mass is 16.5. The summed E-state index contributed by atoms with van der Waals surface area (Å²) >= 11 is 0. The molecule has 2 N–H and O–H groups in total. The lowest BCUT2D eigenvalue weighted by Crippen LogP contribution is -2.41. The van der Waals surface area contributed by atoms with Crippen molar-refractivity contribution in [1.29, 1.82) is 0 Å². The molecule has 5 heteroatoms. The van der Waals surface area contributed by atoms with Crippen molar-refractivity contribution in [2.24, 2.45) is 0 Å². The van der Waals surface area contributed by atoms with Crippen LogP contribution >= 0.6 is 0 Å². The number of nitrogens with one attached hydrogen (secondary N) is 2. The van der Waals surface area contributed by atoms with Gasteiger partial charge in [0.05, 0.1) is 11.8 Å². The SMILES string of the molecule is CCC(C)NC(=O)C(C)Nc1cccnc1OC(C)C. The average molecular weight is 279 g/mol. The lowest BCUT2D eigenvalue weighted by atomic mass is 10.2. The third-order valence-corrected chi connectivity index (χ3v) is 2.88. The molecular weight excluding hydrogens is 254 g/mol. The zero-order valence-electron chi connectivity index (χ0n) is 12.9. The molecule has 0 fully saturated rings. The van der Waals surface area contributed by atoms with Crippen molar-refractivity contribution in [3.8, 4) is 5.88 Å². The van der Waals surface area contributed by atoms with E-state index in [0.717, 1.165) is 12.1 Å². The molecule has 1 aromatic rings. The normalized spacial score (nSPS) is 13.7. The van der Waals surface area contributed by atoms with Gasteiger partial charge < -0.3 is 15.4 Å². The average Bonchev–Trinajstić information content (AvgIpc) is 2.40. The van der Waals surface area contributed by atoms with Crippen LogP contribution in [-0.4, -0.2) is 29.1 Å². The van der Waals surface area contributed by atoms with E-state index in [1.807, 2.05) is 46.8 Å². The van der Waals surface area contributed by atoms with E-state index in [1.54, 1.807) is 6.20 Å². The minimum absolute atomic E-state index is 0.0290. The number of anilines is 1. The van der Waals surface area contributed by atoms with Crippen LogP contribution in [0.25, 0.3) is 0 Å². The predicted molar refractivity (Wildman–Crippen MR) is 81.0 cm³/mol. The van der Waals surface area contributed by atoms with Crippen molar-refractivity contribution in [2.75, 3.05) is 5.32 Å². The van der Waals surface area contributed by atoms with Gasteiger partial charge in [-0.2, -0.15) is 0 Å². The molecule has 5 nitrogen and oxygen atoms in total. The zero-order valence-corrected chi connectivity index (χ0v) is 12.9. The predicted octanol–water partition coefficient (Wildman–Crippen LogP) is 2.58. The number of carbonyl (C=O) groups is 1. The molecule has 0 saturated carbocycles. The number of hydrogen-bond acceptors (Lipinski definition) is 4. The molecule has 0 aliphatic rings. The summed E-state index contributed by atoms with van der Waals surface area (Å²) in [5.41, 5.74) is 0.730. The monoisotopic (exact) mass is 279 g/mol. The lowest BCUT2D eigenvalue weighted by Gasteiger charge is -2.20. The Kier molecular flexibility index (Phi) is 6.28. The van der Waals surface area contributed by atoms with E-state index >= 15 is 0 Å². The first-order valence-electron chi connectivity index (χ1n) is 7.12. The second kappa shape index (κ2) is 7.72. The molecule has 0 saturated heterocycles. The first kappa shape index (κ1) is 16.3. The summed E-state index contributed by atoms with van der Waals surface area (Å²) in [5, 5.41) is 6.09. The van der Waals surface area contributed by atoms with E-state index in [-0.39, 0.29) is 24.1 Å². The number of pyridine rings is 1. The van der Waals surface area contributed by atoms with Gasteiger partial charge in [-0.1, -0.05) is 6.92 Å². The number of aromatic nitrogens is 1. The van der Waals surface area contributed by atoms with Gasteiger partial charge in [-0.3, -0.25) is 4.79 Å². The van der Waals surface area contributed by atoms with Crippen molar-refractivity contribution in [2.45, 2.75) is 59.2 Å². The van der Waals surface area contributed by atoms with Crippen LogP contribution in [0.5, 0.6) is 5.88 Å². The third kappa shape index (κ3) is 5.07. The summed E-state index contributed by atoms with van der Waals surface area (Å²) in [6.07, 6.45) is 2.62. The van der Waals surface area contributed by atoms with Gasteiger partial charge in [0.2, 0.25) is 11.8 Å². The van der Waals surface area contributed by atoms with Gasteiger partial charge in [0.25, 0.3) is 0 Å². The van der Waals surface area contributed by atoms with Gasteiger partial charge in [0.1, 0.15) is 6.04 Å². The van der Waals surface area contributed by atoms with Crippen molar-refractivity contribution in [1.82, 2.24) is 10.3 Å². The fourth-order valence-electron chi connectivity index (χ4n) is 1.59. The molecule has 0 aromatic carbocycles. The van der Waals surface area contributed by atoms with Crippen LogP contribution in [0.15, 0.2) is 18.3 Å². The standard InChI is InChI=1S/C15H25N3O2/c1-6-11(4)17-14(19)12(5)18-13-8-7-9-16-15(13)20-10(2)3/h7-12,18H,6H2,1-5H3,(H,17,19). The Balaban J connectivity index is 2.70. The third-order valence-electron chi connectivity index (χ3n) is 2.88. The number of nitrogens with zero attached hydrogens (tertiary/aromatic N) is 1. The minimum atomic E-state index is -0.345. The van der Waals surface area contributed by atoms with Crippen molar-refractivity contribution in [3.05, 3.63) is 18.3 Å². The Morgan fingerprint density at radius 1 is 1.35 bits per heavy atom. The van der Waals surface area contributed by atoms with E-state index in [4.69, 9.17) is 4.74 Å². The summed E-state index contributed by atoms with van der Waals surface area (Å²) < 4.78 is 5.62. The first-order valence-corrected chi connectivity index (χ1v) is 7.12. The van der Waals surface area contributed by atoms with Gasteiger partial charge >= 0.3 is 0 Å². The number of carbonyl (C=O) groups excluding carboxylic acids is 1. The Labute approximate surface area is 121 Å². The summed E-state index contributed by atoms with van der Waals surface area (Å²) in [4.78, 5) is 16.2. The van der Waals surface area contributed by atoms with Gasteiger partial charge in [-0.05, 0) is 46.2 Å². The van der Waals surface area contributed by atoms with Gasteiger partial charge in [-0.25, -0.2) is 4.98 Å². The topological polar surface area (TPSA) is 63.2 Å². The smallest absolute Gasteiger partial charge is 0.242 e. The zero-order chi connectivity index (χ0) is 15.1. The Bertz CT molecular complexity index is 435. The van der Waals surface area contributed by atoms with Crippen LogP contribution in [0, 0.1) is 0 Å². The summed E-state index contributed by atoms with van der Waals surface area (Å²) in [5.74, 6) is 0.490. The summed E-state index contributed by atoms with van der Waals surface area (Å²) in [7, 11) is 0. The number of rotatable bonds is 7. The maximum Gasteiger partial charge on any atom is 0.242 e. The van der Waals surface area contributed by atoms with E-state index < -0.39 is 0 Å². The van der Waals surface area contributed by atoms with Crippen LogP contribution in [0.1, 0.15) is 41.0 Å². The highest BCUT2D eigenvalue weighted by Crippen LogP contribution is 2.22. The van der Waals surface area contributed by atoms with E-state index in [9.17, 15) is 4.79 Å². The largest absolute Gasteiger partial charge is 0.473 e. The highest BCUT2D eigenvalue weighted by molar-refractivity contribution is 5.84. The Morgan fingerprint density at radius 3 is 2.65 bits per heavy atom. The minimum Gasteiger partial charge on any atom is -0.473 e. The van der Waals surface area contributed by atoms with Gasteiger partial charge in [0, 0.05) is 12.2 Å². The fraction of sp³-hybridized carbons (Fsp3) is 0.600. The molecule has 0 radical (unpaired) electrons. The fourth-order valence-corrected chi connectivity index (χ4v) is 1.59. The molecule has 2 atom stereocenters. The first-order chi connectivity index (χ1) is 9.43. The van der Waals surface area contributed by atoms with Crippen LogP contribution in [-0.2, 0) is 4.79 Å². The van der Waals surface area contributed by atoms with Crippen molar-refractivity contribution < 1.29 is 9.53 Å². The number of amides is 1. The van der Waals surface area contributed by atoms with Crippen LogP contribution in [0.2, 0.25) is 0 Å². The Hall–Kier alpha value is -1.78. The van der Waals surface area contributed by atoms with Crippen molar-refractivity contribution in [3.63, 3.8) is 0 Å². The molecule has 20 heavy (non-hydrogen) atoms. The number of ether oxygens (including phenoxy) is 1. The maximum atomic E-state index is 12.0. The highest BCUT2D eigenvalue weighted by Gasteiger charge is 2.16. The molecule has 0 bridgehead atoms. The molecule has 2 unspecified atom stereocenters. The van der Waals surface area contributed by atoms with E-state index in [1.165, 1.54) is 0 Å². The van der Waals surface area contributed by atoms with E-state index in [0.29, 0.717) is 5.88 Å². The van der Waals surface area contributed by atoms with Gasteiger partial charge in [-0.15, -0.1) is 0 Å². The van der Waals surface area contributed by atoms with Gasteiger partial charge in [0.15, 0.2) is 0 Å². The molecule has 0 spiro atoms. The van der Waals surface area contributed by atoms with Crippen LogP contribution < -0.4 is 15.4 Å². The van der Waals surface area contributed by atoms with Crippen LogP contribution in [0.3, 0.4) is 0 Å². The maximum absolute atomic E-state index is 12.0. The molecule has 0 aliphatic heterocycles. The lowest BCUT2D eigenvalue weighted by molar-refractivity contribution is -0.122. The molecule has 1 heterocycles. The summed E-state index contributed by atoms with van der Waals surface area (Å²) in [6, 6.07) is 3.50. The molecular formula is C15H25N3O2. The van der Waals surface area contributed by atoms with E-state index in [2.05, 4.69) is 15.6 Å². The molecule has 0 aliphatic carbocycles. The second-order valence-electron chi connectivity index (χ2n) is 5.21. The molecule has 1 aromatic heterocycles. The molecule has 1 amide bonds. The Morgan fingerprint density at radius 2 is 2.05 bits per heavy atom. The quantitative estimate of drug-likeness (QED) is 0.805.